The number of nitrogens with zero attached hydrogens (tertiary/aromatic N) is 2. The topological polar surface area (TPSA) is 68.0 Å². The standard InChI is InChI=1S/C11H15N3O2/c1-3-5-9-13-11(16-14-9)7-6-10(15)12-8-4-2/h2H,3,5-8H2,1H3,(H,12,15). The van der Waals surface area contributed by atoms with Crippen LogP contribution in [0.1, 0.15) is 31.5 Å². The van der Waals surface area contributed by atoms with E-state index < -0.39 is 0 Å². The Bertz CT molecular complexity index is 379. The summed E-state index contributed by atoms with van der Waals surface area (Å²) < 4.78 is 4.99. The van der Waals surface area contributed by atoms with Crippen LogP contribution in [-0.2, 0) is 17.6 Å². The molecule has 1 N–H and O–H groups in total. The first-order valence-electron chi connectivity index (χ1n) is 5.28. The zero-order chi connectivity index (χ0) is 11.8. The number of carbonyl (C=O) groups excluding carboxylic acids is 1. The quantitative estimate of drug-likeness (QED) is 0.718. The van der Waals surface area contributed by atoms with Crippen LogP contribution in [0.4, 0.5) is 0 Å². The lowest BCUT2D eigenvalue weighted by Crippen LogP contribution is -2.23. The molecular weight excluding hydrogens is 206 g/mol. The molecule has 1 heterocycles. The second kappa shape index (κ2) is 6.62. The van der Waals surface area contributed by atoms with Crippen LogP contribution < -0.4 is 5.32 Å². The lowest BCUT2D eigenvalue weighted by Gasteiger charge is -1.97. The van der Waals surface area contributed by atoms with Gasteiger partial charge in [0.2, 0.25) is 11.8 Å². The van der Waals surface area contributed by atoms with Crippen molar-refractivity contribution in [3.63, 3.8) is 0 Å². The van der Waals surface area contributed by atoms with E-state index >= 15 is 0 Å². The Morgan fingerprint density at radius 1 is 1.56 bits per heavy atom. The molecule has 1 aromatic rings. The summed E-state index contributed by atoms with van der Waals surface area (Å²) in [6, 6.07) is 0. The largest absolute Gasteiger partial charge is 0.345 e. The second-order valence-corrected chi connectivity index (χ2v) is 3.34. The number of amides is 1. The molecule has 5 heteroatoms. The maximum Gasteiger partial charge on any atom is 0.227 e. The number of hydrogen-bond acceptors (Lipinski definition) is 4. The molecular formula is C11H15N3O2. The van der Waals surface area contributed by atoms with Gasteiger partial charge in [-0.1, -0.05) is 18.0 Å². The van der Waals surface area contributed by atoms with Gasteiger partial charge >= 0.3 is 0 Å². The molecule has 0 saturated carbocycles. The van der Waals surface area contributed by atoms with Crippen molar-refractivity contribution in [3.8, 4) is 12.3 Å². The fraction of sp³-hybridized carbons (Fsp3) is 0.545. The highest BCUT2D eigenvalue weighted by molar-refractivity contribution is 5.76. The summed E-state index contributed by atoms with van der Waals surface area (Å²) in [6.45, 7) is 2.30. The number of rotatable bonds is 6. The van der Waals surface area contributed by atoms with Crippen molar-refractivity contribution in [1.29, 1.82) is 0 Å². The van der Waals surface area contributed by atoms with Gasteiger partial charge in [-0.05, 0) is 6.42 Å². The molecule has 0 radical (unpaired) electrons. The fourth-order valence-electron chi connectivity index (χ4n) is 1.18. The van der Waals surface area contributed by atoms with Crippen LogP contribution >= 0.6 is 0 Å². The van der Waals surface area contributed by atoms with Gasteiger partial charge in [0.1, 0.15) is 0 Å². The van der Waals surface area contributed by atoms with E-state index in [0.29, 0.717) is 24.6 Å². The molecule has 0 spiro atoms. The average molecular weight is 221 g/mol. The van der Waals surface area contributed by atoms with E-state index in [9.17, 15) is 4.79 Å². The minimum atomic E-state index is -0.104. The monoisotopic (exact) mass is 221 g/mol. The Hall–Kier alpha value is -1.83. The van der Waals surface area contributed by atoms with Crippen molar-refractivity contribution >= 4 is 5.91 Å². The van der Waals surface area contributed by atoms with Crippen LogP contribution in [0.15, 0.2) is 4.52 Å². The molecule has 5 nitrogen and oxygen atoms in total. The molecule has 1 rings (SSSR count). The van der Waals surface area contributed by atoms with E-state index in [-0.39, 0.29) is 12.5 Å². The van der Waals surface area contributed by atoms with Crippen molar-refractivity contribution in [3.05, 3.63) is 11.7 Å². The summed E-state index contributed by atoms with van der Waals surface area (Å²) in [5.41, 5.74) is 0. The molecule has 1 amide bonds. The van der Waals surface area contributed by atoms with Gasteiger partial charge < -0.3 is 9.84 Å². The molecule has 1 aromatic heterocycles. The van der Waals surface area contributed by atoms with E-state index in [1.165, 1.54) is 0 Å². The fourth-order valence-corrected chi connectivity index (χ4v) is 1.18. The molecule has 0 aliphatic heterocycles. The van der Waals surface area contributed by atoms with Crippen LogP contribution in [0.3, 0.4) is 0 Å². The molecule has 86 valence electrons. The highest BCUT2D eigenvalue weighted by atomic mass is 16.5. The van der Waals surface area contributed by atoms with Crippen LogP contribution in [0.25, 0.3) is 0 Å². The summed E-state index contributed by atoms with van der Waals surface area (Å²) in [4.78, 5) is 15.4. The molecule has 16 heavy (non-hydrogen) atoms. The Morgan fingerprint density at radius 2 is 2.38 bits per heavy atom. The lowest BCUT2D eigenvalue weighted by molar-refractivity contribution is -0.120. The van der Waals surface area contributed by atoms with E-state index in [0.717, 1.165) is 12.8 Å². The highest BCUT2D eigenvalue weighted by Crippen LogP contribution is 2.02. The maximum absolute atomic E-state index is 11.2. The first-order valence-corrected chi connectivity index (χ1v) is 5.28. The summed E-state index contributed by atoms with van der Waals surface area (Å²) in [6.07, 6.45) is 7.55. The first-order chi connectivity index (χ1) is 7.76. The smallest absolute Gasteiger partial charge is 0.227 e. The summed E-state index contributed by atoms with van der Waals surface area (Å²) in [5, 5.41) is 6.37. The lowest BCUT2D eigenvalue weighted by atomic mass is 10.3. The van der Waals surface area contributed by atoms with E-state index in [2.05, 4.69) is 21.4 Å². The Balaban J connectivity index is 2.31. The molecule has 0 fully saturated rings. The minimum absolute atomic E-state index is 0.104. The molecule has 0 aliphatic rings. The number of terminal acetylenes is 1. The zero-order valence-electron chi connectivity index (χ0n) is 9.32. The third-order valence-corrected chi connectivity index (χ3v) is 1.94. The SMILES string of the molecule is C#CCNC(=O)CCc1nc(CCC)no1. The number of aryl methyl sites for hydroxylation is 2. The van der Waals surface area contributed by atoms with Crippen LogP contribution in [-0.4, -0.2) is 22.6 Å². The molecule has 0 saturated heterocycles. The third kappa shape index (κ3) is 4.13. The third-order valence-electron chi connectivity index (χ3n) is 1.94. The number of nitrogens with one attached hydrogen (secondary N) is 1. The zero-order valence-corrected chi connectivity index (χ0v) is 9.32. The minimum Gasteiger partial charge on any atom is -0.345 e. The molecule has 0 unspecified atom stereocenters. The van der Waals surface area contributed by atoms with E-state index in [1.54, 1.807) is 0 Å². The number of carbonyl (C=O) groups is 1. The maximum atomic E-state index is 11.2. The Labute approximate surface area is 94.6 Å². The molecule has 0 aromatic carbocycles. The average Bonchev–Trinajstić information content (AvgIpc) is 2.72. The van der Waals surface area contributed by atoms with Crippen molar-refractivity contribution in [1.82, 2.24) is 15.5 Å². The van der Waals surface area contributed by atoms with Gasteiger partial charge in [-0.3, -0.25) is 4.79 Å². The molecule has 0 bridgehead atoms. The van der Waals surface area contributed by atoms with Gasteiger partial charge in [0, 0.05) is 19.3 Å². The first kappa shape index (κ1) is 12.2. The van der Waals surface area contributed by atoms with Crippen molar-refractivity contribution in [2.45, 2.75) is 32.6 Å². The van der Waals surface area contributed by atoms with Crippen LogP contribution in [0.5, 0.6) is 0 Å². The van der Waals surface area contributed by atoms with Gasteiger partial charge in [-0.25, -0.2) is 0 Å². The van der Waals surface area contributed by atoms with Crippen molar-refractivity contribution in [2.75, 3.05) is 6.54 Å². The van der Waals surface area contributed by atoms with Crippen molar-refractivity contribution in [2.24, 2.45) is 0 Å². The van der Waals surface area contributed by atoms with Gasteiger partial charge in [-0.15, -0.1) is 6.42 Å². The molecule has 0 aliphatic carbocycles. The second-order valence-electron chi connectivity index (χ2n) is 3.34. The molecule has 0 atom stereocenters. The normalized spacial score (nSPS) is 9.75. The summed E-state index contributed by atoms with van der Waals surface area (Å²) in [7, 11) is 0. The van der Waals surface area contributed by atoms with Crippen molar-refractivity contribution < 1.29 is 9.32 Å². The van der Waals surface area contributed by atoms with E-state index in [1.807, 2.05) is 6.92 Å². The van der Waals surface area contributed by atoms with Gasteiger partial charge in [-0.2, -0.15) is 4.98 Å². The highest BCUT2D eigenvalue weighted by Gasteiger charge is 2.07. The summed E-state index contributed by atoms with van der Waals surface area (Å²) >= 11 is 0. The Morgan fingerprint density at radius 3 is 3.06 bits per heavy atom. The Kier molecular flexibility index (Phi) is 5.06. The van der Waals surface area contributed by atoms with E-state index in [4.69, 9.17) is 10.9 Å². The van der Waals surface area contributed by atoms with Gasteiger partial charge in [0.05, 0.1) is 6.54 Å². The van der Waals surface area contributed by atoms with Gasteiger partial charge in [0.15, 0.2) is 5.82 Å². The van der Waals surface area contributed by atoms with Crippen LogP contribution in [0.2, 0.25) is 0 Å². The number of hydrogen-bond donors (Lipinski definition) is 1. The predicted octanol–water partition coefficient (Wildman–Crippen LogP) is 0.704. The summed E-state index contributed by atoms with van der Waals surface area (Å²) in [5.74, 6) is 3.43. The van der Waals surface area contributed by atoms with Gasteiger partial charge in [0.25, 0.3) is 0 Å². The number of aromatic nitrogens is 2. The predicted molar refractivity (Wildman–Crippen MR) is 58.5 cm³/mol. The van der Waals surface area contributed by atoms with Crippen LogP contribution in [0, 0.1) is 12.3 Å².